The van der Waals surface area contributed by atoms with Gasteiger partial charge in [-0.15, -0.1) is 0 Å². The van der Waals surface area contributed by atoms with E-state index in [2.05, 4.69) is 22.2 Å². The Balaban J connectivity index is 2.09. The van der Waals surface area contributed by atoms with Crippen LogP contribution in [0.5, 0.6) is 0 Å². The van der Waals surface area contributed by atoms with Gasteiger partial charge in [0, 0.05) is 17.8 Å². The topological polar surface area (TPSA) is 37.8 Å². The Labute approximate surface area is 95.3 Å². The van der Waals surface area contributed by atoms with Gasteiger partial charge in [0.05, 0.1) is 0 Å². The summed E-state index contributed by atoms with van der Waals surface area (Å²) in [7, 11) is 0. The number of nitrogens with one attached hydrogen (secondary N) is 1. The first-order valence-electron chi connectivity index (χ1n) is 5.58. The van der Waals surface area contributed by atoms with Crippen molar-refractivity contribution in [3.8, 4) is 0 Å². The second kappa shape index (κ2) is 4.79. The molecule has 4 heteroatoms. The molecule has 1 aromatic heterocycles. The summed E-state index contributed by atoms with van der Waals surface area (Å²) < 4.78 is 0. The molecule has 1 aliphatic rings. The van der Waals surface area contributed by atoms with Crippen LogP contribution in [-0.2, 0) is 6.42 Å². The fraction of sp³-hybridized carbons (Fsp3) is 0.636. The third-order valence-corrected chi connectivity index (χ3v) is 2.99. The standard InChI is InChI=1S/C11H16ClN3/c1-2-8-7-10(15-11(12)14-8)13-9-5-3-4-6-9/h7,9H,2-6H2,1H3,(H,13,14,15). The second-order valence-electron chi connectivity index (χ2n) is 3.99. The fourth-order valence-electron chi connectivity index (χ4n) is 2.00. The molecule has 0 aromatic carbocycles. The minimum absolute atomic E-state index is 0.342. The molecule has 0 unspecified atom stereocenters. The predicted molar refractivity (Wildman–Crippen MR) is 62.3 cm³/mol. The van der Waals surface area contributed by atoms with Gasteiger partial charge in [0.1, 0.15) is 5.82 Å². The average molecular weight is 226 g/mol. The minimum atomic E-state index is 0.342. The first kappa shape index (κ1) is 10.7. The van der Waals surface area contributed by atoms with E-state index >= 15 is 0 Å². The largest absolute Gasteiger partial charge is 0.367 e. The lowest BCUT2D eigenvalue weighted by Gasteiger charge is -2.13. The Bertz CT molecular complexity index is 335. The van der Waals surface area contributed by atoms with E-state index in [9.17, 15) is 0 Å². The number of aryl methyl sites for hydroxylation is 1. The summed E-state index contributed by atoms with van der Waals surface area (Å²) in [6.45, 7) is 2.07. The zero-order valence-electron chi connectivity index (χ0n) is 8.96. The molecule has 3 nitrogen and oxygen atoms in total. The molecule has 82 valence electrons. The van der Waals surface area contributed by atoms with Gasteiger partial charge in [0.25, 0.3) is 0 Å². The van der Waals surface area contributed by atoms with Crippen LogP contribution in [0.1, 0.15) is 38.3 Å². The lowest BCUT2D eigenvalue weighted by atomic mass is 10.2. The average Bonchev–Trinajstić information content (AvgIpc) is 2.69. The van der Waals surface area contributed by atoms with Crippen molar-refractivity contribution in [1.82, 2.24) is 9.97 Å². The van der Waals surface area contributed by atoms with Crippen molar-refractivity contribution in [3.63, 3.8) is 0 Å². The number of anilines is 1. The number of nitrogens with zero attached hydrogens (tertiary/aromatic N) is 2. The normalized spacial score (nSPS) is 16.9. The smallest absolute Gasteiger partial charge is 0.224 e. The van der Waals surface area contributed by atoms with Gasteiger partial charge >= 0.3 is 0 Å². The van der Waals surface area contributed by atoms with Crippen LogP contribution >= 0.6 is 11.6 Å². The van der Waals surface area contributed by atoms with Crippen LogP contribution in [0.25, 0.3) is 0 Å². The zero-order chi connectivity index (χ0) is 10.7. The zero-order valence-corrected chi connectivity index (χ0v) is 9.72. The van der Waals surface area contributed by atoms with E-state index in [1.807, 2.05) is 6.07 Å². The lowest BCUT2D eigenvalue weighted by Crippen LogP contribution is -2.16. The highest BCUT2D eigenvalue weighted by atomic mass is 35.5. The maximum absolute atomic E-state index is 5.85. The monoisotopic (exact) mass is 225 g/mol. The van der Waals surface area contributed by atoms with E-state index in [-0.39, 0.29) is 0 Å². The van der Waals surface area contributed by atoms with Gasteiger partial charge in [-0.25, -0.2) is 9.97 Å². The molecule has 0 atom stereocenters. The van der Waals surface area contributed by atoms with Crippen molar-refractivity contribution in [2.75, 3.05) is 5.32 Å². The van der Waals surface area contributed by atoms with Crippen LogP contribution in [0.15, 0.2) is 6.07 Å². The third-order valence-electron chi connectivity index (χ3n) is 2.82. The highest BCUT2D eigenvalue weighted by Crippen LogP contribution is 2.22. The van der Waals surface area contributed by atoms with Gasteiger partial charge in [0.2, 0.25) is 5.28 Å². The van der Waals surface area contributed by atoms with Crippen LogP contribution in [0.3, 0.4) is 0 Å². The van der Waals surface area contributed by atoms with Gasteiger partial charge in [-0.05, 0) is 30.9 Å². The van der Waals surface area contributed by atoms with E-state index < -0.39 is 0 Å². The molecule has 1 N–H and O–H groups in total. The third kappa shape index (κ3) is 2.81. The maximum Gasteiger partial charge on any atom is 0.224 e. The molecule has 0 radical (unpaired) electrons. The minimum Gasteiger partial charge on any atom is -0.367 e. The molecule has 1 heterocycles. The van der Waals surface area contributed by atoms with Gasteiger partial charge < -0.3 is 5.32 Å². The number of rotatable bonds is 3. The summed E-state index contributed by atoms with van der Waals surface area (Å²) in [5, 5.41) is 3.76. The van der Waals surface area contributed by atoms with E-state index in [0.717, 1.165) is 17.9 Å². The van der Waals surface area contributed by atoms with Gasteiger partial charge in [-0.3, -0.25) is 0 Å². The molecule has 0 saturated heterocycles. The molecule has 1 fully saturated rings. The van der Waals surface area contributed by atoms with Gasteiger partial charge in [-0.2, -0.15) is 0 Å². The fourth-order valence-corrected chi connectivity index (χ4v) is 2.20. The first-order chi connectivity index (χ1) is 7.28. The summed E-state index contributed by atoms with van der Waals surface area (Å²) >= 11 is 5.85. The number of halogens is 1. The van der Waals surface area contributed by atoms with E-state index in [1.165, 1.54) is 25.7 Å². The molecule has 1 saturated carbocycles. The molecule has 2 rings (SSSR count). The molecule has 0 amide bonds. The van der Waals surface area contributed by atoms with E-state index in [1.54, 1.807) is 0 Å². The number of hydrogen-bond donors (Lipinski definition) is 1. The Morgan fingerprint density at radius 3 is 2.80 bits per heavy atom. The quantitative estimate of drug-likeness (QED) is 0.804. The Hall–Kier alpha value is -0.830. The number of aromatic nitrogens is 2. The molecular weight excluding hydrogens is 210 g/mol. The van der Waals surface area contributed by atoms with Crippen molar-refractivity contribution in [1.29, 1.82) is 0 Å². The van der Waals surface area contributed by atoms with Crippen molar-refractivity contribution in [2.24, 2.45) is 0 Å². The van der Waals surface area contributed by atoms with Crippen LogP contribution in [-0.4, -0.2) is 16.0 Å². The van der Waals surface area contributed by atoms with Crippen LogP contribution < -0.4 is 5.32 Å². The van der Waals surface area contributed by atoms with Crippen molar-refractivity contribution in [3.05, 3.63) is 17.0 Å². The summed E-state index contributed by atoms with van der Waals surface area (Å²) in [6.07, 6.45) is 6.00. The highest BCUT2D eigenvalue weighted by Gasteiger charge is 2.15. The molecular formula is C11H16ClN3. The molecule has 15 heavy (non-hydrogen) atoms. The van der Waals surface area contributed by atoms with Crippen molar-refractivity contribution in [2.45, 2.75) is 45.1 Å². The summed E-state index contributed by atoms with van der Waals surface area (Å²) in [4.78, 5) is 8.33. The summed E-state index contributed by atoms with van der Waals surface area (Å²) in [6, 6.07) is 2.56. The predicted octanol–water partition coefficient (Wildman–Crippen LogP) is 3.05. The summed E-state index contributed by atoms with van der Waals surface area (Å²) in [5.74, 6) is 0.874. The first-order valence-corrected chi connectivity index (χ1v) is 5.95. The van der Waals surface area contributed by atoms with Crippen LogP contribution in [0, 0.1) is 0 Å². The molecule has 1 aliphatic carbocycles. The molecule has 1 aromatic rings. The van der Waals surface area contributed by atoms with E-state index in [0.29, 0.717) is 11.3 Å². The maximum atomic E-state index is 5.85. The van der Waals surface area contributed by atoms with Crippen LogP contribution in [0.2, 0.25) is 5.28 Å². The Morgan fingerprint density at radius 1 is 1.40 bits per heavy atom. The van der Waals surface area contributed by atoms with E-state index in [4.69, 9.17) is 11.6 Å². The lowest BCUT2D eigenvalue weighted by molar-refractivity contribution is 0.748. The molecule has 0 bridgehead atoms. The van der Waals surface area contributed by atoms with Gasteiger partial charge in [-0.1, -0.05) is 19.8 Å². The Morgan fingerprint density at radius 2 is 2.13 bits per heavy atom. The summed E-state index contributed by atoms with van der Waals surface area (Å²) in [5.41, 5.74) is 0.996. The highest BCUT2D eigenvalue weighted by molar-refractivity contribution is 6.28. The molecule has 0 spiro atoms. The van der Waals surface area contributed by atoms with Crippen LogP contribution in [0.4, 0.5) is 5.82 Å². The van der Waals surface area contributed by atoms with Crippen molar-refractivity contribution >= 4 is 17.4 Å². The van der Waals surface area contributed by atoms with Crippen molar-refractivity contribution < 1.29 is 0 Å². The van der Waals surface area contributed by atoms with Gasteiger partial charge in [0.15, 0.2) is 0 Å². The Kier molecular flexibility index (Phi) is 3.41. The second-order valence-corrected chi connectivity index (χ2v) is 4.33. The number of hydrogen-bond acceptors (Lipinski definition) is 3. The molecule has 0 aliphatic heterocycles. The SMILES string of the molecule is CCc1cc(NC2CCCC2)nc(Cl)n1.